The molecule has 0 saturated heterocycles. The van der Waals surface area contributed by atoms with Crippen molar-refractivity contribution in [1.29, 1.82) is 0 Å². The Bertz CT molecular complexity index is 671. The van der Waals surface area contributed by atoms with Crippen molar-refractivity contribution < 1.29 is 4.79 Å². The van der Waals surface area contributed by atoms with Crippen molar-refractivity contribution >= 4 is 33.3 Å². The molecule has 0 aliphatic heterocycles. The van der Waals surface area contributed by atoms with E-state index in [1.165, 1.54) is 0 Å². The van der Waals surface area contributed by atoms with Gasteiger partial charge in [-0.25, -0.2) is 9.97 Å². The van der Waals surface area contributed by atoms with Crippen molar-refractivity contribution in [2.24, 2.45) is 0 Å². The number of benzene rings is 1. The molecule has 0 saturated carbocycles. The molecule has 0 fully saturated rings. The summed E-state index contributed by atoms with van der Waals surface area (Å²) in [4.78, 5) is 23.1. The molecule has 0 aliphatic rings. The van der Waals surface area contributed by atoms with Gasteiger partial charge in [0.05, 0.1) is 0 Å². The fourth-order valence-electron chi connectivity index (χ4n) is 2.14. The highest BCUT2D eigenvalue weighted by Gasteiger charge is 2.13. The van der Waals surface area contributed by atoms with Crippen LogP contribution in [0.3, 0.4) is 0 Å². The van der Waals surface area contributed by atoms with E-state index in [-0.39, 0.29) is 5.91 Å². The van der Waals surface area contributed by atoms with E-state index in [1.807, 2.05) is 24.3 Å². The molecule has 1 N–H and O–H groups in total. The second kappa shape index (κ2) is 7.35. The molecule has 1 aromatic heterocycles. The quantitative estimate of drug-likeness (QED) is 0.881. The largest absolute Gasteiger partial charge is 0.357 e. The number of rotatable bonds is 5. The first kappa shape index (κ1) is 16.4. The molecule has 6 heteroatoms. The van der Waals surface area contributed by atoms with Crippen LogP contribution in [0, 0.1) is 6.92 Å². The number of hydrogen-bond donors (Lipinski definition) is 1. The first-order chi connectivity index (χ1) is 10.5. The zero-order valence-corrected chi connectivity index (χ0v) is 14.5. The van der Waals surface area contributed by atoms with Gasteiger partial charge in [0.1, 0.15) is 17.3 Å². The van der Waals surface area contributed by atoms with Crippen LogP contribution in [-0.4, -0.2) is 29.0 Å². The molecular weight excluding hydrogens is 344 g/mol. The molecule has 5 nitrogen and oxygen atoms in total. The summed E-state index contributed by atoms with van der Waals surface area (Å²) in [7, 11) is 0. The van der Waals surface area contributed by atoms with Gasteiger partial charge in [-0.2, -0.15) is 0 Å². The van der Waals surface area contributed by atoms with Crippen LogP contribution >= 0.6 is 15.9 Å². The van der Waals surface area contributed by atoms with E-state index >= 15 is 0 Å². The van der Waals surface area contributed by atoms with Gasteiger partial charge in [-0.15, -0.1) is 0 Å². The Morgan fingerprint density at radius 2 is 1.95 bits per heavy atom. The zero-order chi connectivity index (χ0) is 16.1. The predicted octanol–water partition coefficient (Wildman–Crippen LogP) is 3.65. The highest BCUT2D eigenvalue weighted by atomic mass is 79.9. The molecule has 0 spiro atoms. The van der Waals surface area contributed by atoms with E-state index in [2.05, 4.69) is 50.0 Å². The lowest BCUT2D eigenvalue weighted by Crippen LogP contribution is -2.24. The summed E-state index contributed by atoms with van der Waals surface area (Å²) in [5.41, 5.74) is 1.09. The molecule has 22 heavy (non-hydrogen) atoms. The zero-order valence-electron chi connectivity index (χ0n) is 12.9. The smallest absolute Gasteiger partial charge is 0.274 e. The van der Waals surface area contributed by atoms with Crippen molar-refractivity contribution in [3.05, 3.63) is 46.3 Å². The number of nitrogens with one attached hydrogen (secondary N) is 1. The lowest BCUT2D eigenvalue weighted by atomic mass is 10.3. The Balaban J connectivity index is 2.26. The number of aromatic nitrogens is 2. The maximum atomic E-state index is 12.4. The van der Waals surface area contributed by atoms with Gasteiger partial charge in [0.15, 0.2) is 0 Å². The average Bonchev–Trinajstić information content (AvgIpc) is 2.48. The molecule has 2 rings (SSSR count). The van der Waals surface area contributed by atoms with Gasteiger partial charge in [0, 0.05) is 29.3 Å². The van der Waals surface area contributed by atoms with Crippen molar-refractivity contribution in [3.8, 4) is 0 Å². The maximum absolute atomic E-state index is 12.4. The number of carbonyl (C=O) groups excluding carboxylic acids is 1. The first-order valence-electron chi connectivity index (χ1n) is 7.21. The molecule has 0 unspecified atom stereocenters. The van der Waals surface area contributed by atoms with E-state index in [1.54, 1.807) is 13.0 Å². The van der Waals surface area contributed by atoms with E-state index < -0.39 is 0 Å². The fraction of sp³-hybridized carbons (Fsp3) is 0.312. The van der Waals surface area contributed by atoms with Crippen LogP contribution in [0.1, 0.15) is 30.2 Å². The van der Waals surface area contributed by atoms with Gasteiger partial charge in [-0.05, 0) is 39.0 Å². The van der Waals surface area contributed by atoms with Crippen LogP contribution < -0.4 is 10.2 Å². The van der Waals surface area contributed by atoms with Crippen molar-refractivity contribution in [3.63, 3.8) is 0 Å². The number of anilines is 2. The van der Waals surface area contributed by atoms with Crippen molar-refractivity contribution in [2.75, 3.05) is 23.3 Å². The summed E-state index contributed by atoms with van der Waals surface area (Å²) < 4.78 is 0.910. The molecule has 0 aliphatic carbocycles. The minimum atomic E-state index is -0.239. The second-order valence-electron chi connectivity index (χ2n) is 4.80. The minimum absolute atomic E-state index is 0.239. The second-order valence-corrected chi connectivity index (χ2v) is 5.71. The Morgan fingerprint density at radius 1 is 1.23 bits per heavy atom. The molecule has 0 radical (unpaired) electrons. The van der Waals surface area contributed by atoms with Crippen LogP contribution in [0.2, 0.25) is 0 Å². The third-order valence-corrected chi connectivity index (χ3v) is 3.72. The fourth-order valence-corrected chi connectivity index (χ4v) is 2.54. The van der Waals surface area contributed by atoms with Crippen molar-refractivity contribution in [2.45, 2.75) is 20.8 Å². The van der Waals surface area contributed by atoms with Crippen LogP contribution in [0.15, 0.2) is 34.8 Å². The molecular formula is C16H19BrN4O. The van der Waals surface area contributed by atoms with Gasteiger partial charge in [0.2, 0.25) is 0 Å². The number of carbonyl (C=O) groups is 1. The van der Waals surface area contributed by atoms with E-state index in [4.69, 9.17) is 0 Å². The molecule has 2 aromatic rings. The average molecular weight is 363 g/mol. The number of aryl methyl sites for hydroxylation is 1. The van der Waals surface area contributed by atoms with Crippen LogP contribution in [0.5, 0.6) is 0 Å². The molecule has 1 heterocycles. The monoisotopic (exact) mass is 362 g/mol. The van der Waals surface area contributed by atoms with Gasteiger partial charge >= 0.3 is 0 Å². The minimum Gasteiger partial charge on any atom is -0.357 e. The number of amides is 1. The molecule has 0 atom stereocenters. The lowest BCUT2D eigenvalue weighted by molar-refractivity contribution is 0.102. The third kappa shape index (κ3) is 4.04. The van der Waals surface area contributed by atoms with Crippen LogP contribution in [0.4, 0.5) is 11.5 Å². The molecule has 0 bridgehead atoms. The number of nitrogens with zero attached hydrogens (tertiary/aromatic N) is 3. The van der Waals surface area contributed by atoms with E-state index in [0.717, 1.165) is 29.1 Å². The topological polar surface area (TPSA) is 58.1 Å². The normalized spacial score (nSPS) is 10.4. The highest BCUT2D eigenvalue weighted by molar-refractivity contribution is 9.10. The third-order valence-electron chi connectivity index (χ3n) is 3.23. The van der Waals surface area contributed by atoms with Gasteiger partial charge in [-0.3, -0.25) is 4.79 Å². The van der Waals surface area contributed by atoms with Gasteiger partial charge in [0.25, 0.3) is 5.91 Å². The Morgan fingerprint density at radius 3 is 2.59 bits per heavy atom. The molecule has 1 aromatic carbocycles. The van der Waals surface area contributed by atoms with Crippen LogP contribution in [0.25, 0.3) is 0 Å². The van der Waals surface area contributed by atoms with Crippen LogP contribution in [-0.2, 0) is 0 Å². The summed E-state index contributed by atoms with van der Waals surface area (Å²) in [6.07, 6.45) is 0. The lowest BCUT2D eigenvalue weighted by Gasteiger charge is -2.20. The standard InChI is InChI=1S/C16H19BrN4O/c1-4-21(5-2)15-10-14(18-11(3)19-15)16(22)20-13-8-6-7-12(17)9-13/h6-10H,4-5H2,1-3H3,(H,20,22). The highest BCUT2D eigenvalue weighted by Crippen LogP contribution is 2.17. The number of hydrogen-bond acceptors (Lipinski definition) is 4. The summed E-state index contributed by atoms with van der Waals surface area (Å²) in [5.74, 6) is 1.12. The number of halogens is 1. The van der Waals surface area contributed by atoms with E-state index in [0.29, 0.717) is 11.5 Å². The maximum Gasteiger partial charge on any atom is 0.274 e. The summed E-state index contributed by atoms with van der Waals surface area (Å²) in [6, 6.07) is 9.18. The SMILES string of the molecule is CCN(CC)c1cc(C(=O)Nc2cccc(Br)c2)nc(C)n1. The van der Waals surface area contributed by atoms with E-state index in [9.17, 15) is 4.79 Å². The van der Waals surface area contributed by atoms with Gasteiger partial charge < -0.3 is 10.2 Å². The molecule has 116 valence electrons. The Hall–Kier alpha value is -1.95. The Labute approximate surface area is 138 Å². The van der Waals surface area contributed by atoms with Crippen molar-refractivity contribution in [1.82, 2.24) is 9.97 Å². The summed E-state index contributed by atoms with van der Waals surface area (Å²) in [6.45, 7) is 7.58. The van der Waals surface area contributed by atoms with Gasteiger partial charge in [-0.1, -0.05) is 22.0 Å². The first-order valence-corrected chi connectivity index (χ1v) is 8.00. The summed E-state index contributed by atoms with van der Waals surface area (Å²) in [5, 5.41) is 2.85. The Kier molecular flexibility index (Phi) is 5.49. The molecule has 1 amide bonds. The predicted molar refractivity (Wildman–Crippen MR) is 92.4 cm³/mol. The summed E-state index contributed by atoms with van der Waals surface area (Å²) >= 11 is 3.39.